The van der Waals surface area contributed by atoms with Crippen LogP contribution < -0.4 is 5.32 Å². The van der Waals surface area contributed by atoms with Crippen LogP contribution in [-0.2, 0) is 0 Å². The zero-order chi connectivity index (χ0) is 10.6. The molecule has 1 aliphatic rings. The van der Waals surface area contributed by atoms with E-state index in [0.29, 0.717) is 6.04 Å². The first-order valence-corrected chi connectivity index (χ1v) is 5.73. The fourth-order valence-corrected chi connectivity index (χ4v) is 1.89. The van der Waals surface area contributed by atoms with Crippen molar-refractivity contribution in [2.75, 3.05) is 20.1 Å². The van der Waals surface area contributed by atoms with E-state index in [2.05, 4.69) is 37.7 Å². The van der Waals surface area contributed by atoms with Gasteiger partial charge in [0, 0.05) is 18.6 Å². The maximum Gasteiger partial charge on any atom is 0.0164 e. The van der Waals surface area contributed by atoms with Gasteiger partial charge < -0.3 is 10.2 Å². The van der Waals surface area contributed by atoms with Crippen molar-refractivity contribution in [2.45, 2.75) is 45.2 Å². The molecule has 2 heteroatoms. The van der Waals surface area contributed by atoms with Gasteiger partial charge in [0.2, 0.25) is 0 Å². The van der Waals surface area contributed by atoms with Crippen LogP contribution >= 0.6 is 0 Å². The second kappa shape index (κ2) is 5.52. The van der Waals surface area contributed by atoms with Gasteiger partial charge in [-0.3, -0.25) is 0 Å². The number of piperidine rings is 1. The lowest BCUT2D eigenvalue weighted by molar-refractivity contribution is 0.170. The normalized spacial score (nSPS) is 29.1. The molecular formula is C12H24N2. The third kappa shape index (κ3) is 3.43. The molecule has 0 radical (unpaired) electrons. The summed E-state index contributed by atoms with van der Waals surface area (Å²) in [6, 6.07) is 1.42. The monoisotopic (exact) mass is 196 g/mol. The van der Waals surface area contributed by atoms with E-state index in [1.807, 2.05) is 0 Å². The van der Waals surface area contributed by atoms with Gasteiger partial charge in [0.1, 0.15) is 0 Å². The van der Waals surface area contributed by atoms with Crippen LogP contribution in [0.1, 0.15) is 33.1 Å². The van der Waals surface area contributed by atoms with Gasteiger partial charge in [0.25, 0.3) is 0 Å². The van der Waals surface area contributed by atoms with E-state index >= 15 is 0 Å². The molecule has 0 amide bonds. The Bertz CT molecular complexity index is 189. The number of rotatable bonds is 4. The van der Waals surface area contributed by atoms with Gasteiger partial charge in [-0.2, -0.15) is 0 Å². The lowest BCUT2D eigenvalue weighted by Gasteiger charge is -2.35. The van der Waals surface area contributed by atoms with Gasteiger partial charge in [-0.1, -0.05) is 19.1 Å². The minimum Gasteiger partial charge on any atom is -0.310 e. The summed E-state index contributed by atoms with van der Waals surface area (Å²) in [4.78, 5) is 2.44. The molecule has 1 heterocycles. The largest absolute Gasteiger partial charge is 0.310 e. The zero-order valence-corrected chi connectivity index (χ0v) is 9.84. The maximum atomic E-state index is 4.02. The van der Waals surface area contributed by atoms with E-state index < -0.39 is 0 Å². The third-order valence-electron chi connectivity index (χ3n) is 3.35. The first-order valence-electron chi connectivity index (χ1n) is 5.73. The van der Waals surface area contributed by atoms with Crippen LogP contribution in [0.4, 0.5) is 0 Å². The van der Waals surface area contributed by atoms with Crippen LogP contribution in [0.25, 0.3) is 0 Å². The van der Waals surface area contributed by atoms with Crippen LogP contribution in [0, 0.1) is 0 Å². The predicted octanol–water partition coefficient (Wildman–Crippen LogP) is 2.02. The fourth-order valence-electron chi connectivity index (χ4n) is 1.89. The Hall–Kier alpha value is -0.340. The molecule has 1 aliphatic heterocycles. The van der Waals surface area contributed by atoms with Crippen LogP contribution in [0.5, 0.6) is 0 Å². The molecule has 1 fully saturated rings. The first-order chi connectivity index (χ1) is 6.63. The lowest BCUT2D eigenvalue weighted by atomic mass is 9.98. The van der Waals surface area contributed by atoms with Crippen LogP contribution in [0.15, 0.2) is 12.2 Å². The Morgan fingerprint density at radius 1 is 1.57 bits per heavy atom. The Kier molecular flexibility index (Phi) is 4.63. The number of likely N-dealkylation sites (tertiary alicyclic amines) is 1. The zero-order valence-electron chi connectivity index (χ0n) is 9.84. The lowest BCUT2D eigenvalue weighted by Crippen LogP contribution is -2.45. The highest BCUT2D eigenvalue weighted by atomic mass is 15.1. The van der Waals surface area contributed by atoms with Crippen molar-refractivity contribution in [1.82, 2.24) is 10.2 Å². The highest BCUT2D eigenvalue weighted by molar-refractivity contribution is 4.96. The van der Waals surface area contributed by atoms with Gasteiger partial charge in [0.05, 0.1) is 0 Å². The van der Waals surface area contributed by atoms with Gasteiger partial charge in [-0.25, -0.2) is 0 Å². The first kappa shape index (κ1) is 11.7. The molecule has 1 N–H and O–H groups in total. The van der Waals surface area contributed by atoms with Gasteiger partial charge in [-0.05, 0) is 39.8 Å². The molecule has 0 aromatic carbocycles. The summed E-state index contributed by atoms with van der Waals surface area (Å²) in [7, 11) is 2.21. The molecular weight excluding hydrogens is 172 g/mol. The molecule has 0 aliphatic carbocycles. The molecule has 82 valence electrons. The molecule has 1 saturated heterocycles. The average molecular weight is 196 g/mol. The Balaban J connectivity index is 2.23. The standard InChI is InChI=1S/C12H24N2/c1-5-10(2)9-13-12-6-7-14(4)11(3)8-12/h11-13H,2,5-9H2,1,3-4H3. The van der Waals surface area contributed by atoms with Crippen molar-refractivity contribution in [3.05, 3.63) is 12.2 Å². The molecule has 1 rings (SSSR count). The van der Waals surface area contributed by atoms with E-state index in [0.717, 1.165) is 19.0 Å². The SMILES string of the molecule is C=C(CC)CNC1CCN(C)C(C)C1. The second-order valence-electron chi connectivity index (χ2n) is 4.54. The summed E-state index contributed by atoms with van der Waals surface area (Å²) in [5, 5.41) is 3.60. The molecule has 2 nitrogen and oxygen atoms in total. The van der Waals surface area contributed by atoms with Crippen LogP contribution in [-0.4, -0.2) is 37.1 Å². The molecule has 0 spiro atoms. The van der Waals surface area contributed by atoms with Crippen molar-refractivity contribution in [3.8, 4) is 0 Å². The van der Waals surface area contributed by atoms with Crippen molar-refractivity contribution in [3.63, 3.8) is 0 Å². The minimum absolute atomic E-state index is 0.699. The molecule has 0 aromatic heterocycles. The summed E-state index contributed by atoms with van der Waals surface area (Å²) >= 11 is 0. The summed E-state index contributed by atoms with van der Waals surface area (Å²) in [5.74, 6) is 0. The van der Waals surface area contributed by atoms with Crippen molar-refractivity contribution < 1.29 is 0 Å². The summed E-state index contributed by atoms with van der Waals surface area (Å²) in [5.41, 5.74) is 1.32. The fraction of sp³-hybridized carbons (Fsp3) is 0.833. The quantitative estimate of drug-likeness (QED) is 0.692. The van der Waals surface area contributed by atoms with Crippen molar-refractivity contribution >= 4 is 0 Å². The van der Waals surface area contributed by atoms with Gasteiger partial charge in [0.15, 0.2) is 0 Å². The van der Waals surface area contributed by atoms with E-state index in [9.17, 15) is 0 Å². The summed E-state index contributed by atoms with van der Waals surface area (Å²) in [6.07, 6.45) is 3.64. The molecule has 2 atom stereocenters. The van der Waals surface area contributed by atoms with E-state index in [4.69, 9.17) is 0 Å². The molecule has 0 aromatic rings. The van der Waals surface area contributed by atoms with Gasteiger partial charge in [-0.15, -0.1) is 0 Å². The predicted molar refractivity (Wildman–Crippen MR) is 62.5 cm³/mol. The third-order valence-corrected chi connectivity index (χ3v) is 3.35. The average Bonchev–Trinajstić information content (AvgIpc) is 2.19. The van der Waals surface area contributed by atoms with Crippen molar-refractivity contribution in [2.24, 2.45) is 0 Å². The minimum atomic E-state index is 0.699. The second-order valence-corrected chi connectivity index (χ2v) is 4.54. The Morgan fingerprint density at radius 2 is 2.29 bits per heavy atom. The smallest absolute Gasteiger partial charge is 0.0164 e. The molecule has 14 heavy (non-hydrogen) atoms. The Morgan fingerprint density at radius 3 is 2.86 bits per heavy atom. The van der Waals surface area contributed by atoms with Crippen LogP contribution in [0.3, 0.4) is 0 Å². The highest BCUT2D eigenvalue weighted by Gasteiger charge is 2.21. The maximum absolute atomic E-state index is 4.02. The van der Waals surface area contributed by atoms with Crippen LogP contribution in [0.2, 0.25) is 0 Å². The molecule has 2 unspecified atom stereocenters. The number of nitrogens with zero attached hydrogens (tertiary/aromatic N) is 1. The summed E-state index contributed by atoms with van der Waals surface area (Å²) in [6.45, 7) is 10.7. The van der Waals surface area contributed by atoms with E-state index in [1.54, 1.807) is 0 Å². The topological polar surface area (TPSA) is 15.3 Å². The van der Waals surface area contributed by atoms with Crippen molar-refractivity contribution in [1.29, 1.82) is 0 Å². The summed E-state index contributed by atoms with van der Waals surface area (Å²) < 4.78 is 0. The Labute approximate surface area is 88.4 Å². The number of hydrogen-bond donors (Lipinski definition) is 1. The van der Waals surface area contributed by atoms with Gasteiger partial charge >= 0.3 is 0 Å². The van der Waals surface area contributed by atoms with E-state index in [1.165, 1.54) is 25.0 Å². The molecule has 0 bridgehead atoms. The van der Waals surface area contributed by atoms with E-state index in [-0.39, 0.29) is 0 Å². The number of nitrogens with one attached hydrogen (secondary N) is 1. The number of hydrogen-bond acceptors (Lipinski definition) is 2. The highest BCUT2D eigenvalue weighted by Crippen LogP contribution is 2.15. The molecule has 0 saturated carbocycles.